The summed E-state index contributed by atoms with van der Waals surface area (Å²) in [6.07, 6.45) is 0. The Morgan fingerprint density at radius 2 is 1.59 bits per heavy atom. The first kappa shape index (κ1) is 25.5. The average molecular weight is 544 g/mol. The number of ether oxygens (including phenoxy) is 2. The Hall–Kier alpha value is -4.61. The molecule has 37 heavy (non-hydrogen) atoms. The van der Waals surface area contributed by atoms with E-state index in [0.29, 0.717) is 10.8 Å². The molecule has 1 aromatic heterocycles. The molecule has 0 bridgehead atoms. The van der Waals surface area contributed by atoms with E-state index in [1.165, 1.54) is 48.5 Å². The van der Waals surface area contributed by atoms with Crippen molar-refractivity contribution >= 4 is 46.2 Å². The van der Waals surface area contributed by atoms with Gasteiger partial charge >= 0.3 is 0 Å². The van der Waals surface area contributed by atoms with E-state index in [1.807, 2.05) is 0 Å². The summed E-state index contributed by atoms with van der Waals surface area (Å²) in [5.41, 5.74) is -0.403. The van der Waals surface area contributed by atoms with Crippen molar-refractivity contribution < 1.29 is 28.5 Å². The molecule has 13 heteroatoms. The van der Waals surface area contributed by atoms with E-state index < -0.39 is 15.8 Å². The molecule has 0 saturated heterocycles. The Morgan fingerprint density at radius 3 is 2.30 bits per heavy atom. The van der Waals surface area contributed by atoms with Gasteiger partial charge in [0, 0.05) is 23.2 Å². The van der Waals surface area contributed by atoms with E-state index in [4.69, 9.17) is 37.1 Å². The zero-order chi connectivity index (χ0) is 26.5. The molecule has 0 aliphatic heterocycles. The van der Waals surface area contributed by atoms with Gasteiger partial charge in [-0.05, 0) is 42.5 Å². The standard InChI is InChI=1S/C24H15Cl2N3O8/c25-14-1-4-18(5-2-14)36-20-10-15(9-17(11-20)29(33)34)27-24(30)22-8-6-19(37-22)13-35-23-12-16(28(31)32)3-7-21(23)26/h1-12H,13H2,(H,27,30). The lowest BCUT2D eigenvalue weighted by atomic mass is 10.2. The number of anilines is 1. The first-order valence-electron chi connectivity index (χ1n) is 10.4. The summed E-state index contributed by atoms with van der Waals surface area (Å²) in [5.74, 6) is 0.0329. The van der Waals surface area contributed by atoms with Gasteiger partial charge in [0.05, 0.1) is 32.7 Å². The molecular weight excluding hydrogens is 529 g/mol. The molecule has 1 amide bonds. The number of hydrogen-bond acceptors (Lipinski definition) is 8. The quantitative estimate of drug-likeness (QED) is 0.175. The first-order valence-corrected chi connectivity index (χ1v) is 11.1. The molecule has 1 heterocycles. The maximum absolute atomic E-state index is 12.7. The number of benzene rings is 3. The van der Waals surface area contributed by atoms with Crippen LogP contribution in [0, 0.1) is 20.2 Å². The minimum Gasteiger partial charge on any atom is -0.484 e. The molecule has 0 aliphatic carbocycles. The van der Waals surface area contributed by atoms with Crippen LogP contribution in [0.25, 0.3) is 0 Å². The van der Waals surface area contributed by atoms with Crippen molar-refractivity contribution in [3.63, 3.8) is 0 Å². The van der Waals surface area contributed by atoms with Crippen LogP contribution < -0.4 is 14.8 Å². The number of rotatable bonds is 9. The van der Waals surface area contributed by atoms with Gasteiger partial charge in [-0.25, -0.2) is 0 Å². The molecule has 3 aromatic carbocycles. The van der Waals surface area contributed by atoms with Crippen LogP contribution in [-0.2, 0) is 6.61 Å². The van der Waals surface area contributed by atoms with Gasteiger partial charge in [-0.15, -0.1) is 0 Å². The molecule has 4 aromatic rings. The SMILES string of the molecule is O=C(Nc1cc(Oc2ccc(Cl)cc2)cc([N+](=O)[O-])c1)c1ccc(COc2cc([N+](=O)[O-])ccc2Cl)o1. The second-order valence-corrected chi connectivity index (χ2v) is 8.25. The lowest BCUT2D eigenvalue weighted by Crippen LogP contribution is -2.11. The normalized spacial score (nSPS) is 10.5. The third-order valence-corrected chi connectivity index (χ3v) is 5.35. The summed E-state index contributed by atoms with van der Waals surface area (Å²) in [6, 6.07) is 16.8. The summed E-state index contributed by atoms with van der Waals surface area (Å²) < 4.78 is 16.6. The summed E-state index contributed by atoms with van der Waals surface area (Å²) in [4.78, 5) is 33.8. The second kappa shape index (κ2) is 11.0. The molecular formula is C24H15Cl2N3O8. The van der Waals surface area contributed by atoms with Crippen LogP contribution in [0.1, 0.15) is 16.3 Å². The number of nitrogens with zero attached hydrogens (tertiary/aromatic N) is 2. The molecule has 0 saturated carbocycles. The van der Waals surface area contributed by atoms with Crippen LogP contribution in [0.5, 0.6) is 17.2 Å². The molecule has 0 unspecified atom stereocenters. The van der Waals surface area contributed by atoms with Gasteiger partial charge in [0.2, 0.25) is 0 Å². The topological polar surface area (TPSA) is 147 Å². The van der Waals surface area contributed by atoms with E-state index in [2.05, 4.69) is 5.32 Å². The number of non-ortho nitro benzene ring substituents is 2. The van der Waals surface area contributed by atoms with Crippen LogP contribution in [-0.4, -0.2) is 15.8 Å². The van der Waals surface area contributed by atoms with Crippen molar-refractivity contribution in [2.45, 2.75) is 6.61 Å². The molecule has 11 nitrogen and oxygen atoms in total. The minimum atomic E-state index is -0.683. The number of carbonyl (C=O) groups is 1. The maximum atomic E-state index is 12.7. The number of carbonyl (C=O) groups excluding carboxylic acids is 1. The highest BCUT2D eigenvalue weighted by Gasteiger charge is 2.17. The van der Waals surface area contributed by atoms with Crippen LogP contribution in [0.2, 0.25) is 10.0 Å². The fourth-order valence-corrected chi connectivity index (χ4v) is 3.39. The van der Waals surface area contributed by atoms with E-state index in [1.54, 1.807) is 24.3 Å². The second-order valence-electron chi connectivity index (χ2n) is 7.41. The Labute approximate surface area is 218 Å². The maximum Gasteiger partial charge on any atom is 0.291 e. The fraction of sp³-hybridized carbons (Fsp3) is 0.0417. The highest BCUT2D eigenvalue weighted by molar-refractivity contribution is 6.32. The number of nitro benzene ring substituents is 2. The summed E-state index contributed by atoms with van der Waals surface area (Å²) in [7, 11) is 0. The summed E-state index contributed by atoms with van der Waals surface area (Å²) in [6.45, 7) is -0.163. The highest BCUT2D eigenvalue weighted by Crippen LogP contribution is 2.31. The molecule has 1 N–H and O–H groups in total. The van der Waals surface area contributed by atoms with Gasteiger partial charge in [-0.3, -0.25) is 25.0 Å². The van der Waals surface area contributed by atoms with Crippen molar-refractivity contribution in [3.05, 3.63) is 115 Å². The van der Waals surface area contributed by atoms with Gasteiger partial charge in [-0.1, -0.05) is 23.2 Å². The average Bonchev–Trinajstić information content (AvgIpc) is 3.34. The van der Waals surface area contributed by atoms with E-state index in [-0.39, 0.29) is 51.7 Å². The van der Waals surface area contributed by atoms with Crippen molar-refractivity contribution in [1.29, 1.82) is 0 Å². The van der Waals surface area contributed by atoms with Crippen molar-refractivity contribution in [1.82, 2.24) is 0 Å². The number of amides is 1. The zero-order valence-corrected chi connectivity index (χ0v) is 20.1. The van der Waals surface area contributed by atoms with Crippen molar-refractivity contribution in [2.75, 3.05) is 5.32 Å². The van der Waals surface area contributed by atoms with Crippen LogP contribution >= 0.6 is 23.2 Å². The minimum absolute atomic E-state index is 0.0723. The summed E-state index contributed by atoms with van der Waals surface area (Å²) in [5, 5.41) is 25.5. The molecule has 4 rings (SSSR count). The van der Waals surface area contributed by atoms with Gasteiger partial charge in [0.25, 0.3) is 17.3 Å². The molecule has 0 fully saturated rings. The van der Waals surface area contributed by atoms with Gasteiger partial charge in [-0.2, -0.15) is 0 Å². The predicted octanol–water partition coefficient (Wildman–Crippen LogP) is 7.03. The molecule has 0 atom stereocenters. The number of halogens is 2. The Bertz CT molecular complexity index is 1490. The number of nitro groups is 2. The fourth-order valence-electron chi connectivity index (χ4n) is 3.09. The summed E-state index contributed by atoms with van der Waals surface area (Å²) >= 11 is 11.9. The third-order valence-electron chi connectivity index (χ3n) is 4.79. The van der Waals surface area contributed by atoms with Crippen LogP contribution in [0.4, 0.5) is 17.1 Å². The van der Waals surface area contributed by atoms with Gasteiger partial charge < -0.3 is 19.2 Å². The number of furan rings is 1. The Kier molecular flexibility index (Phi) is 7.56. The Balaban J connectivity index is 1.46. The number of hydrogen-bond donors (Lipinski definition) is 1. The lowest BCUT2D eigenvalue weighted by Gasteiger charge is -2.09. The Morgan fingerprint density at radius 1 is 0.865 bits per heavy atom. The number of nitrogens with one attached hydrogen (secondary N) is 1. The zero-order valence-electron chi connectivity index (χ0n) is 18.6. The van der Waals surface area contributed by atoms with Crippen LogP contribution in [0.3, 0.4) is 0 Å². The molecule has 0 spiro atoms. The van der Waals surface area contributed by atoms with Gasteiger partial charge in [0.15, 0.2) is 5.76 Å². The smallest absolute Gasteiger partial charge is 0.291 e. The first-order chi connectivity index (χ1) is 17.7. The van der Waals surface area contributed by atoms with E-state index in [9.17, 15) is 25.0 Å². The van der Waals surface area contributed by atoms with E-state index in [0.717, 1.165) is 0 Å². The van der Waals surface area contributed by atoms with E-state index >= 15 is 0 Å². The van der Waals surface area contributed by atoms with Crippen LogP contribution in [0.15, 0.2) is 77.2 Å². The van der Waals surface area contributed by atoms with Crippen molar-refractivity contribution in [2.24, 2.45) is 0 Å². The molecule has 0 aliphatic rings. The van der Waals surface area contributed by atoms with Gasteiger partial charge in [0.1, 0.15) is 29.6 Å². The predicted molar refractivity (Wildman–Crippen MR) is 134 cm³/mol. The lowest BCUT2D eigenvalue weighted by molar-refractivity contribution is -0.385. The molecule has 0 radical (unpaired) electrons. The largest absolute Gasteiger partial charge is 0.484 e. The molecule has 188 valence electrons. The highest BCUT2D eigenvalue weighted by atomic mass is 35.5. The monoisotopic (exact) mass is 543 g/mol. The van der Waals surface area contributed by atoms with Crippen molar-refractivity contribution in [3.8, 4) is 17.2 Å². The third kappa shape index (κ3) is 6.54.